The van der Waals surface area contributed by atoms with Crippen molar-refractivity contribution in [3.8, 4) is 11.5 Å². The molecule has 1 aliphatic heterocycles. The van der Waals surface area contributed by atoms with Crippen LogP contribution < -0.4 is 26.0 Å². The number of carbonyl (C=O) groups is 2. The highest BCUT2D eigenvalue weighted by molar-refractivity contribution is 6.01. The maximum absolute atomic E-state index is 13.4. The summed E-state index contributed by atoms with van der Waals surface area (Å²) in [5.41, 5.74) is 9.05. The van der Waals surface area contributed by atoms with E-state index in [4.69, 9.17) is 15.5 Å². The number of nitrogens with two attached hydrogens (primary N) is 1. The summed E-state index contributed by atoms with van der Waals surface area (Å²) in [7, 11) is 1.55. The monoisotopic (exact) mass is 524 g/mol. The van der Waals surface area contributed by atoms with Crippen LogP contribution in [0.4, 0.5) is 33.6 Å². The fourth-order valence-electron chi connectivity index (χ4n) is 4.21. The maximum Gasteiger partial charge on any atom is 0.330 e. The summed E-state index contributed by atoms with van der Waals surface area (Å²) in [5.74, 6) is 1.64. The highest BCUT2D eigenvalue weighted by atomic mass is 16.5. The Kier molecular flexibility index (Phi) is 7.21. The van der Waals surface area contributed by atoms with Gasteiger partial charge >= 0.3 is 6.03 Å². The average Bonchev–Trinajstić information content (AvgIpc) is 2.94. The molecule has 0 bridgehead atoms. The van der Waals surface area contributed by atoms with Gasteiger partial charge in [-0.2, -0.15) is 4.98 Å². The SMILES string of the molecule is CCCN1Cc2cnc(Nc3ccc(Oc4ccnc(C(=O)NC)c4)cc3)nc2N(c2cccc(N)c2)C1=O. The Balaban J connectivity index is 1.37. The van der Waals surface area contributed by atoms with E-state index < -0.39 is 0 Å². The van der Waals surface area contributed by atoms with Gasteiger partial charge < -0.3 is 26.0 Å². The van der Waals surface area contributed by atoms with Gasteiger partial charge in [-0.05, 0) is 55.0 Å². The lowest BCUT2D eigenvalue weighted by Gasteiger charge is -2.36. The topological polar surface area (TPSA) is 139 Å². The molecule has 4 aromatic rings. The van der Waals surface area contributed by atoms with Crippen LogP contribution in [0, 0.1) is 0 Å². The number of amides is 3. The zero-order valence-corrected chi connectivity index (χ0v) is 21.6. The lowest BCUT2D eigenvalue weighted by Crippen LogP contribution is -2.45. The number of ether oxygens (including phenoxy) is 1. The van der Waals surface area contributed by atoms with Crippen LogP contribution in [0.5, 0.6) is 11.5 Å². The number of fused-ring (bicyclic) bond motifs is 1. The van der Waals surface area contributed by atoms with E-state index in [-0.39, 0.29) is 17.6 Å². The molecule has 1 aliphatic rings. The first-order valence-corrected chi connectivity index (χ1v) is 12.5. The average molecular weight is 525 g/mol. The molecular formula is C28H28N8O3. The Morgan fingerprint density at radius 3 is 2.64 bits per heavy atom. The van der Waals surface area contributed by atoms with Crippen molar-refractivity contribution in [1.82, 2.24) is 25.2 Å². The fourth-order valence-corrected chi connectivity index (χ4v) is 4.21. The minimum absolute atomic E-state index is 0.156. The Bertz CT molecular complexity index is 1510. The van der Waals surface area contributed by atoms with Crippen molar-refractivity contribution < 1.29 is 14.3 Å². The lowest BCUT2D eigenvalue weighted by molar-refractivity contribution is 0.0957. The first-order valence-electron chi connectivity index (χ1n) is 12.5. The van der Waals surface area contributed by atoms with Gasteiger partial charge in [0.15, 0.2) is 5.82 Å². The molecule has 5 rings (SSSR count). The molecule has 0 spiro atoms. The molecule has 0 saturated carbocycles. The number of nitrogen functional groups attached to an aromatic ring is 1. The number of carbonyl (C=O) groups excluding carboxylic acids is 2. The molecule has 0 saturated heterocycles. The molecule has 39 heavy (non-hydrogen) atoms. The molecule has 2 aromatic carbocycles. The Morgan fingerprint density at radius 1 is 1.08 bits per heavy atom. The van der Waals surface area contributed by atoms with Crippen LogP contribution in [0.2, 0.25) is 0 Å². The van der Waals surface area contributed by atoms with E-state index in [1.54, 1.807) is 59.4 Å². The smallest absolute Gasteiger partial charge is 0.330 e. The number of urea groups is 1. The summed E-state index contributed by atoms with van der Waals surface area (Å²) < 4.78 is 5.87. The van der Waals surface area contributed by atoms with Crippen LogP contribution in [0.3, 0.4) is 0 Å². The number of pyridine rings is 1. The summed E-state index contributed by atoms with van der Waals surface area (Å²) in [4.78, 5) is 41.8. The van der Waals surface area contributed by atoms with Gasteiger partial charge in [-0.15, -0.1) is 0 Å². The Morgan fingerprint density at radius 2 is 1.90 bits per heavy atom. The molecule has 2 aromatic heterocycles. The van der Waals surface area contributed by atoms with Crippen molar-refractivity contribution in [1.29, 1.82) is 0 Å². The third-order valence-corrected chi connectivity index (χ3v) is 6.04. The van der Waals surface area contributed by atoms with Gasteiger partial charge in [0.05, 0.1) is 12.2 Å². The molecule has 0 radical (unpaired) electrons. The largest absolute Gasteiger partial charge is 0.457 e. The second kappa shape index (κ2) is 11.1. The van der Waals surface area contributed by atoms with Crippen molar-refractivity contribution in [2.75, 3.05) is 29.5 Å². The maximum atomic E-state index is 13.4. The zero-order valence-electron chi connectivity index (χ0n) is 21.6. The zero-order chi connectivity index (χ0) is 27.4. The van der Waals surface area contributed by atoms with Crippen LogP contribution in [0.1, 0.15) is 29.4 Å². The van der Waals surface area contributed by atoms with Crippen molar-refractivity contribution in [3.63, 3.8) is 0 Å². The summed E-state index contributed by atoms with van der Waals surface area (Å²) >= 11 is 0. The number of benzene rings is 2. The van der Waals surface area contributed by atoms with Crippen LogP contribution >= 0.6 is 0 Å². The Hall–Kier alpha value is -5.19. The molecule has 3 heterocycles. The number of nitrogens with zero attached hydrogens (tertiary/aromatic N) is 5. The van der Waals surface area contributed by atoms with Crippen LogP contribution in [0.15, 0.2) is 73.1 Å². The number of hydrogen-bond acceptors (Lipinski definition) is 8. The lowest BCUT2D eigenvalue weighted by atomic mass is 10.1. The van der Waals surface area contributed by atoms with Gasteiger partial charge in [-0.3, -0.25) is 9.78 Å². The van der Waals surface area contributed by atoms with Gasteiger partial charge in [-0.1, -0.05) is 13.0 Å². The van der Waals surface area contributed by atoms with Gasteiger partial charge in [-0.25, -0.2) is 14.7 Å². The van der Waals surface area contributed by atoms with Crippen LogP contribution in [0.25, 0.3) is 0 Å². The van der Waals surface area contributed by atoms with Crippen LogP contribution in [-0.4, -0.2) is 45.4 Å². The van der Waals surface area contributed by atoms with Gasteiger partial charge in [0, 0.05) is 49.0 Å². The molecule has 198 valence electrons. The number of anilines is 5. The van der Waals surface area contributed by atoms with E-state index in [1.165, 1.54) is 6.20 Å². The molecule has 0 unspecified atom stereocenters. The second-order valence-electron chi connectivity index (χ2n) is 8.88. The van der Waals surface area contributed by atoms with Gasteiger partial charge in [0.2, 0.25) is 5.95 Å². The van der Waals surface area contributed by atoms with E-state index in [1.807, 2.05) is 31.2 Å². The number of nitrogens with one attached hydrogen (secondary N) is 2. The first kappa shape index (κ1) is 25.5. The van der Waals surface area contributed by atoms with E-state index in [0.29, 0.717) is 47.7 Å². The molecule has 3 amide bonds. The highest BCUT2D eigenvalue weighted by Crippen LogP contribution is 2.35. The van der Waals surface area contributed by atoms with Gasteiger partial charge in [0.1, 0.15) is 17.2 Å². The van der Waals surface area contributed by atoms with Crippen molar-refractivity contribution in [3.05, 3.63) is 84.3 Å². The number of hydrogen-bond donors (Lipinski definition) is 3. The minimum atomic E-state index is -0.292. The summed E-state index contributed by atoms with van der Waals surface area (Å²) in [6, 6.07) is 17.5. The first-order chi connectivity index (χ1) is 18.9. The van der Waals surface area contributed by atoms with E-state index in [9.17, 15) is 9.59 Å². The Labute approximate surface area is 225 Å². The summed E-state index contributed by atoms with van der Waals surface area (Å²) in [5, 5.41) is 5.73. The highest BCUT2D eigenvalue weighted by Gasteiger charge is 2.33. The third-order valence-electron chi connectivity index (χ3n) is 6.04. The third kappa shape index (κ3) is 5.57. The normalized spacial score (nSPS) is 12.6. The number of rotatable bonds is 8. The molecule has 11 nitrogen and oxygen atoms in total. The van der Waals surface area contributed by atoms with Gasteiger partial charge in [0.25, 0.3) is 5.91 Å². The molecular weight excluding hydrogens is 496 g/mol. The molecule has 0 atom stereocenters. The van der Waals surface area contributed by atoms with Crippen molar-refractivity contribution >= 4 is 40.8 Å². The standard InChI is InChI=1S/C28H28N8O3/c1-3-13-35-17-18-16-32-27(34-25(18)36(28(35)38)21-6-4-5-19(29)14-21)33-20-7-9-22(10-8-20)39-23-11-12-31-24(15-23)26(37)30-2/h4-12,14-16H,3,13,17,29H2,1-2H3,(H,30,37)(H,32,33,34). The predicted molar refractivity (Wildman–Crippen MR) is 149 cm³/mol. The van der Waals surface area contributed by atoms with E-state index >= 15 is 0 Å². The van der Waals surface area contributed by atoms with E-state index in [0.717, 1.165) is 17.7 Å². The second-order valence-corrected chi connectivity index (χ2v) is 8.88. The summed E-state index contributed by atoms with van der Waals surface area (Å²) in [6.07, 6.45) is 4.09. The molecule has 4 N–H and O–H groups in total. The van der Waals surface area contributed by atoms with Crippen molar-refractivity contribution in [2.24, 2.45) is 0 Å². The quantitative estimate of drug-likeness (QED) is 0.279. The minimum Gasteiger partial charge on any atom is -0.457 e. The summed E-state index contributed by atoms with van der Waals surface area (Å²) in [6.45, 7) is 3.09. The molecule has 0 aliphatic carbocycles. The molecule has 0 fully saturated rings. The van der Waals surface area contributed by atoms with E-state index in [2.05, 4.69) is 20.6 Å². The van der Waals surface area contributed by atoms with Crippen LogP contribution in [-0.2, 0) is 6.54 Å². The predicted octanol–water partition coefficient (Wildman–Crippen LogP) is 4.83. The number of aromatic nitrogens is 3. The van der Waals surface area contributed by atoms with Crippen molar-refractivity contribution in [2.45, 2.75) is 19.9 Å². The molecule has 11 heteroatoms. The fraction of sp³-hybridized carbons (Fsp3) is 0.179.